The molecule has 0 atom stereocenters. The average molecular weight is 342 g/mol. The van der Waals surface area contributed by atoms with Gasteiger partial charge in [-0.15, -0.1) is 0 Å². The van der Waals surface area contributed by atoms with E-state index in [2.05, 4.69) is 5.32 Å². The third kappa shape index (κ3) is 4.97. The normalized spacial score (nSPS) is 10.2. The molecule has 0 heterocycles. The minimum Gasteiger partial charge on any atom is -0.324 e. The van der Waals surface area contributed by atoms with Gasteiger partial charge in [-0.25, -0.2) is 4.39 Å². The molecule has 0 aromatic heterocycles. The fraction of sp³-hybridized carbons (Fsp3) is 0.211. The molecule has 2 aromatic carbocycles. The highest BCUT2D eigenvalue weighted by molar-refractivity contribution is 5.98. The number of amides is 2. The maximum Gasteiger partial charge on any atom is 0.226 e. The molecule has 0 spiro atoms. The summed E-state index contributed by atoms with van der Waals surface area (Å²) in [7, 11) is 0. The quantitative estimate of drug-likeness (QED) is 0.818. The minimum absolute atomic E-state index is 0.00177. The van der Waals surface area contributed by atoms with Gasteiger partial charge in [0.15, 0.2) is 5.78 Å². The van der Waals surface area contributed by atoms with Crippen molar-refractivity contribution in [2.24, 2.45) is 0 Å². The number of ketones is 1. The summed E-state index contributed by atoms with van der Waals surface area (Å²) in [5.41, 5.74) is 1.12. The number of carbonyl (C=O) groups excluding carboxylic acids is 3. The Bertz CT molecular complexity index is 805. The standard InChI is InChI=1S/C19H19FN2O3/c1-13(23)15-6-5-7-16(12-15)22(14(2)24)11-10-19(25)21-18-9-4-3-8-17(18)20/h3-9,12H,10-11H2,1-2H3,(H,21,25). The molecule has 0 aliphatic carbocycles. The van der Waals surface area contributed by atoms with Crippen LogP contribution in [0.15, 0.2) is 48.5 Å². The molecule has 0 saturated carbocycles. The number of rotatable bonds is 6. The van der Waals surface area contributed by atoms with E-state index in [0.29, 0.717) is 11.3 Å². The van der Waals surface area contributed by atoms with E-state index < -0.39 is 11.7 Å². The van der Waals surface area contributed by atoms with Crippen molar-refractivity contribution in [3.63, 3.8) is 0 Å². The van der Waals surface area contributed by atoms with Gasteiger partial charge in [-0.3, -0.25) is 14.4 Å². The van der Waals surface area contributed by atoms with Gasteiger partial charge < -0.3 is 10.2 Å². The monoisotopic (exact) mass is 342 g/mol. The Hall–Kier alpha value is -3.02. The van der Waals surface area contributed by atoms with E-state index in [0.717, 1.165) is 0 Å². The van der Waals surface area contributed by atoms with Gasteiger partial charge in [0.2, 0.25) is 11.8 Å². The first-order valence-electron chi connectivity index (χ1n) is 7.82. The van der Waals surface area contributed by atoms with Gasteiger partial charge in [-0.05, 0) is 31.2 Å². The Kier molecular flexibility index (Phi) is 6.00. The molecule has 2 rings (SSSR count). The SMILES string of the molecule is CC(=O)c1cccc(N(CCC(=O)Nc2ccccc2F)C(C)=O)c1. The summed E-state index contributed by atoms with van der Waals surface area (Å²) in [6.45, 7) is 2.95. The van der Waals surface area contributed by atoms with Crippen LogP contribution in [0.4, 0.5) is 15.8 Å². The summed E-state index contributed by atoms with van der Waals surface area (Å²) in [4.78, 5) is 36.8. The van der Waals surface area contributed by atoms with Gasteiger partial charge in [0.05, 0.1) is 5.69 Å². The van der Waals surface area contributed by atoms with Crippen molar-refractivity contribution in [2.45, 2.75) is 20.3 Å². The maximum absolute atomic E-state index is 13.6. The van der Waals surface area contributed by atoms with Crippen molar-refractivity contribution in [3.05, 3.63) is 59.9 Å². The lowest BCUT2D eigenvalue weighted by Crippen LogP contribution is -2.32. The van der Waals surface area contributed by atoms with Gasteiger partial charge in [-0.2, -0.15) is 0 Å². The fourth-order valence-electron chi connectivity index (χ4n) is 2.35. The summed E-state index contributed by atoms with van der Waals surface area (Å²) in [6, 6.07) is 12.5. The van der Waals surface area contributed by atoms with Crippen LogP contribution in [0.5, 0.6) is 0 Å². The number of nitrogens with one attached hydrogen (secondary N) is 1. The van der Waals surface area contributed by atoms with Gasteiger partial charge in [0, 0.05) is 31.1 Å². The molecule has 5 nitrogen and oxygen atoms in total. The zero-order valence-electron chi connectivity index (χ0n) is 14.1. The highest BCUT2D eigenvalue weighted by Crippen LogP contribution is 2.18. The van der Waals surface area contributed by atoms with Crippen LogP contribution in [0.1, 0.15) is 30.6 Å². The summed E-state index contributed by atoms with van der Waals surface area (Å²) >= 11 is 0. The molecule has 2 aromatic rings. The fourth-order valence-corrected chi connectivity index (χ4v) is 2.35. The van der Waals surface area contributed by atoms with E-state index >= 15 is 0 Å². The van der Waals surface area contributed by atoms with E-state index in [1.807, 2.05) is 0 Å². The predicted octanol–water partition coefficient (Wildman–Crippen LogP) is 3.41. The summed E-state index contributed by atoms with van der Waals surface area (Å²) in [6.07, 6.45) is -0.00177. The molecule has 0 radical (unpaired) electrons. The molecular weight excluding hydrogens is 323 g/mol. The summed E-state index contributed by atoms with van der Waals surface area (Å²) in [5.74, 6) is -1.28. The molecule has 1 N–H and O–H groups in total. The van der Waals surface area contributed by atoms with Crippen molar-refractivity contribution in [1.82, 2.24) is 0 Å². The van der Waals surface area contributed by atoms with Crippen molar-refractivity contribution >= 4 is 29.0 Å². The van der Waals surface area contributed by atoms with E-state index in [9.17, 15) is 18.8 Å². The highest BCUT2D eigenvalue weighted by atomic mass is 19.1. The molecule has 0 aliphatic rings. The van der Waals surface area contributed by atoms with Gasteiger partial charge in [0.1, 0.15) is 5.82 Å². The molecule has 0 unspecified atom stereocenters. The number of carbonyl (C=O) groups is 3. The Morgan fingerprint density at radius 1 is 1.04 bits per heavy atom. The van der Waals surface area contributed by atoms with Crippen LogP contribution < -0.4 is 10.2 Å². The lowest BCUT2D eigenvalue weighted by atomic mass is 10.1. The number of Topliss-reactive ketones (excluding diaryl/α,β-unsaturated/α-hetero) is 1. The number of halogens is 1. The summed E-state index contributed by atoms with van der Waals surface area (Å²) < 4.78 is 13.6. The van der Waals surface area contributed by atoms with Crippen LogP contribution in [0.25, 0.3) is 0 Å². The topological polar surface area (TPSA) is 66.5 Å². The van der Waals surface area contributed by atoms with Crippen LogP contribution in [-0.2, 0) is 9.59 Å². The molecule has 0 bridgehead atoms. The Morgan fingerprint density at radius 3 is 2.40 bits per heavy atom. The first-order chi connectivity index (χ1) is 11.9. The third-order valence-corrected chi connectivity index (χ3v) is 3.65. The third-order valence-electron chi connectivity index (χ3n) is 3.65. The van der Waals surface area contributed by atoms with E-state index in [-0.39, 0.29) is 30.3 Å². The Morgan fingerprint density at radius 2 is 1.76 bits per heavy atom. The van der Waals surface area contributed by atoms with Gasteiger partial charge in [-0.1, -0.05) is 24.3 Å². The van der Waals surface area contributed by atoms with E-state index in [4.69, 9.17) is 0 Å². The Balaban J connectivity index is 2.06. The molecule has 25 heavy (non-hydrogen) atoms. The second kappa shape index (κ2) is 8.19. The molecule has 0 fully saturated rings. The van der Waals surface area contributed by atoms with Crippen molar-refractivity contribution in [3.8, 4) is 0 Å². The van der Waals surface area contributed by atoms with E-state index in [1.54, 1.807) is 30.3 Å². The zero-order valence-corrected chi connectivity index (χ0v) is 14.1. The average Bonchev–Trinajstić information content (AvgIpc) is 2.57. The molecule has 6 heteroatoms. The molecule has 0 saturated heterocycles. The first-order valence-corrected chi connectivity index (χ1v) is 7.82. The predicted molar refractivity (Wildman–Crippen MR) is 94.1 cm³/mol. The van der Waals surface area contributed by atoms with Crippen molar-refractivity contribution < 1.29 is 18.8 Å². The van der Waals surface area contributed by atoms with Crippen molar-refractivity contribution in [2.75, 3.05) is 16.8 Å². The molecular formula is C19H19FN2O3. The molecule has 130 valence electrons. The second-order valence-corrected chi connectivity index (χ2v) is 5.56. The zero-order chi connectivity index (χ0) is 18.4. The lowest BCUT2D eigenvalue weighted by molar-refractivity contribution is -0.117. The number of hydrogen-bond acceptors (Lipinski definition) is 3. The highest BCUT2D eigenvalue weighted by Gasteiger charge is 2.15. The first kappa shape index (κ1) is 18.3. The van der Waals surface area contributed by atoms with Crippen LogP contribution >= 0.6 is 0 Å². The number of anilines is 2. The number of benzene rings is 2. The van der Waals surface area contributed by atoms with Gasteiger partial charge in [0.25, 0.3) is 0 Å². The van der Waals surface area contributed by atoms with Crippen LogP contribution in [0, 0.1) is 5.82 Å². The smallest absolute Gasteiger partial charge is 0.226 e. The molecule has 0 aliphatic heterocycles. The van der Waals surface area contributed by atoms with Crippen LogP contribution in [0.2, 0.25) is 0 Å². The minimum atomic E-state index is -0.520. The van der Waals surface area contributed by atoms with Crippen molar-refractivity contribution in [1.29, 1.82) is 0 Å². The van der Waals surface area contributed by atoms with Gasteiger partial charge >= 0.3 is 0 Å². The molecule has 2 amide bonds. The lowest BCUT2D eigenvalue weighted by Gasteiger charge is -2.21. The number of nitrogens with zero attached hydrogens (tertiary/aromatic N) is 1. The summed E-state index contributed by atoms with van der Waals surface area (Å²) in [5, 5.41) is 2.48. The second-order valence-electron chi connectivity index (χ2n) is 5.56. The Labute approximate surface area is 145 Å². The van der Waals surface area contributed by atoms with Crippen LogP contribution in [0.3, 0.4) is 0 Å². The number of hydrogen-bond donors (Lipinski definition) is 1. The largest absolute Gasteiger partial charge is 0.324 e. The van der Waals surface area contributed by atoms with Crippen LogP contribution in [-0.4, -0.2) is 24.1 Å². The maximum atomic E-state index is 13.6. The number of para-hydroxylation sites is 1. The van der Waals surface area contributed by atoms with E-state index in [1.165, 1.54) is 36.9 Å².